The number of benzene rings is 1. The Labute approximate surface area is 133 Å². The number of carbonyl (C=O) groups is 1. The fourth-order valence-corrected chi connectivity index (χ4v) is 2.46. The van der Waals surface area contributed by atoms with E-state index >= 15 is 0 Å². The number of ether oxygens (including phenoxy) is 2. The largest absolute Gasteiger partial charge is 0.573 e. The third kappa shape index (κ3) is 5.01. The van der Waals surface area contributed by atoms with E-state index in [9.17, 15) is 18.0 Å². The summed E-state index contributed by atoms with van der Waals surface area (Å²) in [6.45, 7) is 5.84. The molecule has 0 atom stereocenters. The zero-order valence-corrected chi connectivity index (χ0v) is 13.3. The van der Waals surface area contributed by atoms with Gasteiger partial charge in [0.2, 0.25) is 0 Å². The number of ketones is 1. The number of Topliss-reactive ketones (excluding diaryl/α,β-unsaturated/α-hetero) is 1. The summed E-state index contributed by atoms with van der Waals surface area (Å²) in [6, 6.07) is 4.02. The summed E-state index contributed by atoms with van der Waals surface area (Å²) in [6.07, 6.45) is -2.02. The average molecular weight is 328 g/mol. The van der Waals surface area contributed by atoms with Gasteiger partial charge in [0.25, 0.3) is 0 Å². The molecule has 1 aliphatic heterocycles. The molecule has 0 amide bonds. The Kier molecular flexibility index (Phi) is 4.73. The van der Waals surface area contributed by atoms with E-state index in [1.54, 1.807) is 0 Å². The summed E-state index contributed by atoms with van der Waals surface area (Å²) in [7, 11) is 0. The van der Waals surface area contributed by atoms with Crippen LogP contribution in [-0.4, -0.2) is 18.8 Å². The first-order valence-electron chi connectivity index (χ1n) is 7.30. The molecule has 1 aromatic rings. The van der Waals surface area contributed by atoms with E-state index in [2.05, 4.69) is 4.74 Å². The summed E-state index contributed by atoms with van der Waals surface area (Å²) in [5.74, 6) is 0.228. The van der Waals surface area contributed by atoms with Crippen molar-refractivity contribution in [3.8, 4) is 11.5 Å². The number of hydrogen-bond donors (Lipinski definition) is 0. The maximum Gasteiger partial charge on any atom is 0.573 e. The fraction of sp³-hybridized carbons (Fsp3) is 0.471. The van der Waals surface area contributed by atoms with Crippen LogP contribution in [0.5, 0.6) is 11.5 Å². The lowest BCUT2D eigenvalue weighted by Gasteiger charge is -2.18. The number of rotatable bonds is 4. The number of allylic oxidation sites excluding steroid dienone is 1. The molecule has 0 radical (unpaired) electrons. The molecule has 0 unspecified atom stereocenters. The second kappa shape index (κ2) is 6.26. The quantitative estimate of drug-likeness (QED) is 0.799. The van der Waals surface area contributed by atoms with Gasteiger partial charge in [-0.3, -0.25) is 0 Å². The average Bonchev–Trinajstić information content (AvgIpc) is 2.51. The predicted molar refractivity (Wildman–Crippen MR) is 80.3 cm³/mol. The van der Waals surface area contributed by atoms with E-state index in [-0.39, 0.29) is 16.9 Å². The van der Waals surface area contributed by atoms with Crippen molar-refractivity contribution in [2.75, 3.05) is 6.61 Å². The van der Waals surface area contributed by atoms with Crippen molar-refractivity contribution in [1.82, 2.24) is 0 Å². The second-order valence-corrected chi connectivity index (χ2v) is 6.35. The maximum absolute atomic E-state index is 12.4. The van der Waals surface area contributed by atoms with Crippen LogP contribution in [0.1, 0.15) is 39.2 Å². The minimum atomic E-state index is -4.75. The van der Waals surface area contributed by atoms with Crippen LogP contribution in [0.4, 0.5) is 13.2 Å². The maximum atomic E-state index is 12.4. The lowest BCUT2D eigenvalue weighted by molar-refractivity contribution is -0.274. The van der Waals surface area contributed by atoms with Crippen LogP contribution in [0.3, 0.4) is 0 Å². The Morgan fingerprint density at radius 1 is 1.35 bits per heavy atom. The van der Waals surface area contributed by atoms with Crippen LogP contribution < -0.4 is 9.47 Å². The van der Waals surface area contributed by atoms with Gasteiger partial charge in [0, 0.05) is 17.4 Å². The molecule has 2 rings (SSSR count). The molecule has 0 N–H and O–H groups in total. The topological polar surface area (TPSA) is 35.5 Å². The van der Waals surface area contributed by atoms with E-state index in [0.717, 1.165) is 5.57 Å². The SMILES string of the molecule is CC(=O)CCC1=CC(C)(C)COc2ccc(OC(F)(F)F)cc21. The van der Waals surface area contributed by atoms with Gasteiger partial charge in [-0.25, -0.2) is 0 Å². The van der Waals surface area contributed by atoms with E-state index in [1.165, 1.54) is 25.1 Å². The molecule has 0 saturated carbocycles. The number of hydrogen-bond acceptors (Lipinski definition) is 3. The molecule has 0 bridgehead atoms. The van der Waals surface area contributed by atoms with Crippen LogP contribution in [0.2, 0.25) is 0 Å². The van der Waals surface area contributed by atoms with Crippen molar-refractivity contribution in [3.05, 3.63) is 29.8 Å². The smallest absolute Gasteiger partial charge is 0.492 e. The summed E-state index contributed by atoms with van der Waals surface area (Å²) in [5.41, 5.74) is 1.06. The van der Waals surface area contributed by atoms with E-state index in [1.807, 2.05) is 19.9 Å². The third-order valence-electron chi connectivity index (χ3n) is 3.44. The normalized spacial score (nSPS) is 16.7. The van der Waals surface area contributed by atoms with Crippen molar-refractivity contribution in [2.24, 2.45) is 5.41 Å². The molecule has 0 aromatic heterocycles. The molecule has 1 heterocycles. The van der Waals surface area contributed by atoms with E-state index in [4.69, 9.17) is 4.74 Å². The number of halogens is 3. The van der Waals surface area contributed by atoms with Gasteiger partial charge in [0.05, 0.1) is 6.61 Å². The monoisotopic (exact) mass is 328 g/mol. The highest BCUT2D eigenvalue weighted by molar-refractivity contribution is 5.80. The molecule has 23 heavy (non-hydrogen) atoms. The van der Waals surface area contributed by atoms with Crippen LogP contribution in [0, 0.1) is 5.41 Å². The molecule has 1 aromatic carbocycles. The van der Waals surface area contributed by atoms with E-state index < -0.39 is 6.36 Å². The first-order chi connectivity index (χ1) is 10.6. The van der Waals surface area contributed by atoms with Crippen molar-refractivity contribution in [3.63, 3.8) is 0 Å². The van der Waals surface area contributed by atoms with E-state index in [0.29, 0.717) is 30.8 Å². The van der Waals surface area contributed by atoms with Gasteiger partial charge in [0.1, 0.15) is 17.3 Å². The molecule has 1 aliphatic rings. The van der Waals surface area contributed by atoms with Crippen LogP contribution in [0.25, 0.3) is 5.57 Å². The number of alkyl halides is 3. The molecule has 6 heteroatoms. The Hall–Kier alpha value is -1.98. The van der Waals surface area contributed by atoms with Crippen LogP contribution in [-0.2, 0) is 4.79 Å². The molecule has 0 saturated heterocycles. The van der Waals surface area contributed by atoms with Gasteiger partial charge in [-0.05, 0) is 37.1 Å². The molecule has 0 fully saturated rings. The summed E-state index contributed by atoms with van der Waals surface area (Å²) in [4.78, 5) is 11.3. The minimum Gasteiger partial charge on any atom is -0.492 e. The van der Waals surface area contributed by atoms with Crippen molar-refractivity contribution in [2.45, 2.75) is 40.0 Å². The third-order valence-corrected chi connectivity index (χ3v) is 3.44. The summed E-state index contributed by atoms with van der Waals surface area (Å²) < 4.78 is 46.9. The Bertz CT molecular complexity index is 630. The number of fused-ring (bicyclic) bond motifs is 1. The molecule has 0 spiro atoms. The molecule has 3 nitrogen and oxygen atoms in total. The van der Waals surface area contributed by atoms with Gasteiger partial charge < -0.3 is 14.3 Å². The highest BCUT2D eigenvalue weighted by atomic mass is 19.4. The zero-order chi connectivity index (χ0) is 17.3. The van der Waals surface area contributed by atoms with Gasteiger partial charge >= 0.3 is 6.36 Å². The number of carbonyl (C=O) groups excluding carboxylic acids is 1. The van der Waals surface area contributed by atoms with Crippen LogP contribution in [0.15, 0.2) is 24.3 Å². The van der Waals surface area contributed by atoms with Gasteiger partial charge in [-0.1, -0.05) is 19.9 Å². The lowest BCUT2D eigenvalue weighted by Crippen LogP contribution is -2.17. The highest BCUT2D eigenvalue weighted by Gasteiger charge is 2.32. The lowest BCUT2D eigenvalue weighted by atomic mass is 9.88. The second-order valence-electron chi connectivity index (χ2n) is 6.35. The van der Waals surface area contributed by atoms with Crippen molar-refractivity contribution >= 4 is 11.4 Å². The summed E-state index contributed by atoms with van der Waals surface area (Å²) in [5, 5.41) is 0. The zero-order valence-electron chi connectivity index (χ0n) is 13.3. The van der Waals surface area contributed by atoms with Gasteiger partial charge in [0.15, 0.2) is 0 Å². The Morgan fingerprint density at radius 3 is 2.65 bits per heavy atom. The van der Waals surface area contributed by atoms with Gasteiger partial charge in [-0.2, -0.15) is 0 Å². The van der Waals surface area contributed by atoms with Gasteiger partial charge in [-0.15, -0.1) is 13.2 Å². The van der Waals surface area contributed by atoms with Crippen molar-refractivity contribution < 1.29 is 27.4 Å². The minimum absolute atomic E-state index is 0.0260. The molecular formula is C17H19F3O3. The first kappa shape index (κ1) is 17.4. The molecule has 126 valence electrons. The Balaban J connectivity index is 2.41. The fourth-order valence-electron chi connectivity index (χ4n) is 2.46. The molecular weight excluding hydrogens is 309 g/mol. The molecule has 0 aliphatic carbocycles. The summed E-state index contributed by atoms with van der Waals surface area (Å²) >= 11 is 0. The van der Waals surface area contributed by atoms with Crippen molar-refractivity contribution in [1.29, 1.82) is 0 Å². The highest BCUT2D eigenvalue weighted by Crippen LogP contribution is 2.39. The standard InChI is InChI=1S/C17H19F3O3/c1-11(21)4-5-12-9-16(2,3)10-22-15-7-6-13(8-14(12)15)23-17(18,19)20/h6-9H,4-5,10H2,1-3H3. The predicted octanol–water partition coefficient (Wildman–Crippen LogP) is 4.76. The first-order valence-corrected chi connectivity index (χ1v) is 7.30. The van der Waals surface area contributed by atoms with Crippen LogP contribution >= 0.6 is 0 Å². The Morgan fingerprint density at radius 2 is 2.04 bits per heavy atom.